The van der Waals surface area contributed by atoms with E-state index in [9.17, 15) is 4.79 Å². The number of imidazole rings is 1. The van der Waals surface area contributed by atoms with Crippen LogP contribution in [0.25, 0.3) is 11.0 Å². The number of benzene rings is 1. The maximum Gasteiger partial charge on any atom is 0.223 e. The first kappa shape index (κ1) is 15.8. The summed E-state index contributed by atoms with van der Waals surface area (Å²) < 4.78 is 2.14. The number of pyridine rings is 1. The Morgan fingerprint density at radius 2 is 2.16 bits per heavy atom. The minimum absolute atomic E-state index is 0.111. The molecule has 0 aliphatic heterocycles. The summed E-state index contributed by atoms with van der Waals surface area (Å²) in [4.78, 5) is 21.1. The molecule has 1 saturated carbocycles. The fourth-order valence-corrected chi connectivity index (χ4v) is 3.46. The maximum absolute atomic E-state index is 12.3. The summed E-state index contributed by atoms with van der Waals surface area (Å²) in [7, 11) is 2.05. The molecule has 1 aromatic carbocycles. The van der Waals surface area contributed by atoms with Crippen molar-refractivity contribution in [2.75, 3.05) is 6.54 Å². The number of hydrogen-bond donors (Lipinski definition) is 1. The quantitative estimate of drug-likeness (QED) is 0.705. The van der Waals surface area contributed by atoms with Crippen molar-refractivity contribution >= 4 is 16.9 Å². The first-order chi connectivity index (χ1) is 12.2. The summed E-state index contributed by atoms with van der Waals surface area (Å²) in [5.41, 5.74) is 3.35. The zero-order chi connectivity index (χ0) is 17.2. The third-order valence-electron chi connectivity index (χ3n) is 5.00. The monoisotopic (exact) mass is 334 g/mol. The second kappa shape index (κ2) is 6.67. The van der Waals surface area contributed by atoms with E-state index in [0.29, 0.717) is 12.5 Å². The second-order valence-electron chi connectivity index (χ2n) is 6.71. The number of nitrogens with zero attached hydrogens (tertiary/aromatic N) is 3. The largest absolute Gasteiger partial charge is 0.356 e. The van der Waals surface area contributed by atoms with E-state index in [1.54, 1.807) is 6.20 Å². The third kappa shape index (κ3) is 3.27. The van der Waals surface area contributed by atoms with Crippen LogP contribution in [0.5, 0.6) is 0 Å². The van der Waals surface area contributed by atoms with Gasteiger partial charge in [-0.2, -0.15) is 0 Å². The summed E-state index contributed by atoms with van der Waals surface area (Å²) in [6.07, 6.45) is 6.32. The number of aryl methyl sites for hydroxylation is 2. The predicted molar refractivity (Wildman–Crippen MR) is 97.1 cm³/mol. The van der Waals surface area contributed by atoms with Crippen LogP contribution in [-0.4, -0.2) is 27.0 Å². The maximum atomic E-state index is 12.3. The van der Waals surface area contributed by atoms with E-state index >= 15 is 0 Å². The number of para-hydroxylation sites is 2. The van der Waals surface area contributed by atoms with Crippen LogP contribution in [0.2, 0.25) is 0 Å². The molecule has 2 heterocycles. The van der Waals surface area contributed by atoms with Crippen molar-refractivity contribution < 1.29 is 4.79 Å². The van der Waals surface area contributed by atoms with Crippen molar-refractivity contribution in [1.82, 2.24) is 19.9 Å². The lowest BCUT2D eigenvalue weighted by molar-refractivity contribution is -0.122. The average molecular weight is 334 g/mol. The Hall–Kier alpha value is -2.69. The van der Waals surface area contributed by atoms with E-state index in [1.165, 1.54) is 5.56 Å². The van der Waals surface area contributed by atoms with Crippen LogP contribution in [-0.2, 0) is 18.3 Å². The fourth-order valence-electron chi connectivity index (χ4n) is 3.46. The lowest BCUT2D eigenvalue weighted by Crippen LogP contribution is -2.26. The van der Waals surface area contributed by atoms with Crippen molar-refractivity contribution in [1.29, 1.82) is 0 Å². The fraction of sp³-hybridized carbons (Fsp3) is 0.350. The molecule has 4 rings (SSSR count). The number of nitrogens with one attached hydrogen (secondary N) is 1. The minimum Gasteiger partial charge on any atom is -0.356 e. The highest BCUT2D eigenvalue weighted by molar-refractivity contribution is 5.82. The number of amides is 1. The van der Waals surface area contributed by atoms with E-state index in [0.717, 1.165) is 36.1 Å². The van der Waals surface area contributed by atoms with Crippen LogP contribution in [0.4, 0.5) is 0 Å². The number of carbonyl (C=O) groups is 1. The molecule has 2 atom stereocenters. The summed E-state index contributed by atoms with van der Waals surface area (Å²) >= 11 is 0. The highest BCUT2D eigenvalue weighted by Gasteiger charge is 2.43. The molecular weight excluding hydrogens is 312 g/mol. The number of aromatic nitrogens is 3. The highest BCUT2D eigenvalue weighted by Crippen LogP contribution is 2.47. The van der Waals surface area contributed by atoms with Gasteiger partial charge in [-0.05, 0) is 42.5 Å². The molecule has 0 spiro atoms. The zero-order valence-electron chi connectivity index (χ0n) is 14.4. The van der Waals surface area contributed by atoms with Crippen molar-refractivity contribution in [3.05, 3.63) is 60.2 Å². The van der Waals surface area contributed by atoms with Crippen LogP contribution >= 0.6 is 0 Å². The summed E-state index contributed by atoms with van der Waals surface area (Å²) in [5, 5.41) is 3.07. The van der Waals surface area contributed by atoms with Gasteiger partial charge >= 0.3 is 0 Å². The van der Waals surface area contributed by atoms with Gasteiger partial charge in [0, 0.05) is 38.3 Å². The molecule has 25 heavy (non-hydrogen) atoms. The lowest BCUT2D eigenvalue weighted by atomic mass is 10.1. The minimum atomic E-state index is 0.111. The van der Waals surface area contributed by atoms with Crippen LogP contribution in [0.3, 0.4) is 0 Å². The van der Waals surface area contributed by atoms with Crippen LogP contribution in [0, 0.1) is 5.92 Å². The van der Waals surface area contributed by atoms with Gasteiger partial charge in [-0.25, -0.2) is 4.98 Å². The Morgan fingerprint density at radius 1 is 1.28 bits per heavy atom. The molecule has 1 amide bonds. The van der Waals surface area contributed by atoms with Gasteiger partial charge in [-0.1, -0.05) is 18.2 Å². The van der Waals surface area contributed by atoms with Crippen LogP contribution in [0.15, 0.2) is 48.8 Å². The molecule has 0 bridgehead atoms. The van der Waals surface area contributed by atoms with Crippen molar-refractivity contribution in [3.8, 4) is 0 Å². The molecule has 0 saturated heterocycles. The number of hydrogen-bond acceptors (Lipinski definition) is 3. The molecule has 1 N–H and O–H groups in total. The van der Waals surface area contributed by atoms with E-state index in [2.05, 4.69) is 32.0 Å². The van der Waals surface area contributed by atoms with Gasteiger partial charge in [0.1, 0.15) is 5.82 Å². The Balaban J connectivity index is 1.26. The van der Waals surface area contributed by atoms with E-state index in [-0.39, 0.29) is 11.8 Å². The molecule has 0 radical (unpaired) electrons. The molecule has 128 valence electrons. The third-order valence-corrected chi connectivity index (χ3v) is 5.00. The second-order valence-corrected chi connectivity index (χ2v) is 6.71. The number of carbonyl (C=O) groups excluding carboxylic acids is 1. The summed E-state index contributed by atoms with van der Waals surface area (Å²) in [6.45, 7) is 0.693. The molecule has 3 aromatic rings. The van der Waals surface area contributed by atoms with Crippen molar-refractivity contribution in [2.24, 2.45) is 13.0 Å². The predicted octanol–water partition coefficient (Wildman–Crippen LogP) is 2.82. The Morgan fingerprint density at radius 3 is 2.96 bits per heavy atom. The summed E-state index contributed by atoms with van der Waals surface area (Å²) in [6, 6.07) is 12.1. The van der Waals surface area contributed by atoms with Crippen LogP contribution < -0.4 is 5.32 Å². The Kier molecular flexibility index (Phi) is 4.22. The molecular formula is C20H22N4O. The van der Waals surface area contributed by atoms with Gasteiger partial charge in [0.25, 0.3) is 0 Å². The SMILES string of the molecule is Cn1c(CCCNC(=O)[C@H]2C[C@@H]2c2cccnc2)nc2ccccc21. The van der Waals surface area contributed by atoms with E-state index < -0.39 is 0 Å². The smallest absolute Gasteiger partial charge is 0.223 e. The number of fused-ring (bicyclic) bond motifs is 1. The van der Waals surface area contributed by atoms with Gasteiger partial charge in [0.2, 0.25) is 5.91 Å². The standard InChI is InChI=1S/C20H22N4O/c1-24-18-8-3-2-7-17(18)23-19(24)9-5-11-22-20(25)16-12-15(16)14-6-4-10-21-13-14/h2-4,6-8,10,13,15-16H,5,9,11-12H2,1H3,(H,22,25)/t15-,16+/m1/s1. The number of rotatable bonds is 6. The first-order valence-electron chi connectivity index (χ1n) is 8.82. The molecule has 1 fully saturated rings. The van der Waals surface area contributed by atoms with Gasteiger partial charge in [0.15, 0.2) is 0 Å². The molecule has 0 unspecified atom stereocenters. The van der Waals surface area contributed by atoms with Gasteiger partial charge in [-0.3, -0.25) is 9.78 Å². The van der Waals surface area contributed by atoms with E-state index in [4.69, 9.17) is 0 Å². The molecule has 2 aromatic heterocycles. The Labute approximate surface area is 147 Å². The average Bonchev–Trinajstić information content (AvgIpc) is 3.39. The normalized spacial score (nSPS) is 19.1. The molecule has 5 nitrogen and oxygen atoms in total. The van der Waals surface area contributed by atoms with Crippen molar-refractivity contribution in [2.45, 2.75) is 25.2 Å². The highest BCUT2D eigenvalue weighted by atomic mass is 16.2. The molecule has 5 heteroatoms. The van der Waals surface area contributed by atoms with E-state index in [1.807, 2.05) is 37.5 Å². The summed E-state index contributed by atoms with van der Waals surface area (Å²) in [5.74, 6) is 1.68. The lowest BCUT2D eigenvalue weighted by Gasteiger charge is -2.05. The first-order valence-corrected chi connectivity index (χ1v) is 8.82. The van der Waals surface area contributed by atoms with Gasteiger partial charge < -0.3 is 9.88 Å². The van der Waals surface area contributed by atoms with Gasteiger partial charge in [-0.15, -0.1) is 0 Å². The van der Waals surface area contributed by atoms with Gasteiger partial charge in [0.05, 0.1) is 11.0 Å². The zero-order valence-corrected chi connectivity index (χ0v) is 14.4. The van der Waals surface area contributed by atoms with Crippen LogP contribution in [0.1, 0.15) is 30.1 Å². The molecule has 1 aliphatic rings. The Bertz CT molecular complexity index is 887. The molecule has 1 aliphatic carbocycles. The topological polar surface area (TPSA) is 59.8 Å². The van der Waals surface area contributed by atoms with Crippen molar-refractivity contribution in [3.63, 3.8) is 0 Å².